The first kappa shape index (κ1) is 16.8. The Bertz CT molecular complexity index is 560. The van der Waals surface area contributed by atoms with Crippen LogP contribution >= 0.6 is 0 Å². The molecule has 1 atom stereocenters. The van der Waals surface area contributed by atoms with E-state index in [9.17, 15) is 0 Å². The second kappa shape index (κ2) is 7.53. The van der Waals surface area contributed by atoms with E-state index in [1.165, 1.54) is 11.3 Å². The largest absolute Gasteiger partial charge is 0.399 e. The van der Waals surface area contributed by atoms with E-state index in [0.717, 1.165) is 11.1 Å². The number of allylic oxidation sites excluding steroid dienone is 5. The Labute approximate surface area is 129 Å². The van der Waals surface area contributed by atoms with Crippen LogP contribution in [0.2, 0.25) is 0 Å². The Kier molecular flexibility index (Phi) is 6.04. The molecule has 0 aliphatic carbocycles. The Hall–Kier alpha value is -2.22. The number of nitrogens with two attached hydrogens (primary N) is 1. The van der Waals surface area contributed by atoms with Gasteiger partial charge in [-0.3, -0.25) is 0 Å². The van der Waals surface area contributed by atoms with Crippen LogP contribution in [-0.4, -0.2) is 14.1 Å². The summed E-state index contributed by atoms with van der Waals surface area (Å²) in [6.45, 7) is 12.1. The van der Waals surface area contributed by atoms with Crippen LogP contribution < -0.4 is 10.6 Å². The predicted octanol–water partition coefficient (Wildman–Crippen LogP) is 4.38. The lowest BCUT2D eigenvalue weighted by molar-refractivity contribution is 0.956. The van der Waals surface area contributed by atoms with E-state index in [2.05, 4.69) is 62.2 Å². The second-order valence-corrected chi connectivity index (χ2v) is 5.57. The lowest BCUT2D eigenvalue weighted by Gasteiger charge is -2.15. The predicted molar refractivity (Wildman–Crippen MR) is 95.2 cm³/mol. The summed E-state index contributed by atoms with van der Waals surface area (Å²) >= 11 is 0. The quantitative estimate of drug-likeness (QED) is 0.785. The van der Waals surface area contributed by atoms with E-state index in [-0.39, 0.29) is 5.92 Å². The van der Waals surface area contributed by atoms with Crippen molar-refractivity contribution >= 4 is 11.3 Å². The van der Waals surface area contributed by atoms with Crippen LogP contribution in [0, 0.1) is 5.92 Å². The van der Waals surface area contributed by atoms with Crippen molar-refractivity contribution in [3.8, 4) is 0 Å². The van der Waals surface area contributed by atoms with Crippen LogP contribution in [0.5, 0.6) is 0 Å². The van der Waals surface area contributed by atoms with Crippen molar-refractivity contribution in [1.82, 2.24) is 0 Å². The Morgan fingerprint density at radius 1 is 1.14 bits per heavy atom. The highest BCUT2D eigenvalue weighted by molar-refractivity contribution is 5.68. The van der Waals surface area contributed by atoms with Crippen LogP contribution in [0.3, 0.4) is 0 Å². The average Bonchev–Trinajstić information content (AvgIpc) is 2.44. The number of nitrogens with zero attached hydrogens (tertiary/aromatic N) is 1. The average molecular weight is 282 g/mol. The van der Waals surface area contributed by atoms with E-state index in [1.54, 1.807) is 0 Å². The van der Waals surface area contributed by atoms with Crippen LogP contribution in [0.4, 0.5) is 5.69 Å². The molecule has 0 amide bonds. The van der Waals surface area contributed by atoms with E-state index < -0.39 is 0 Å². The van der Waals surface area contributed by atoms with Crippen LogP contribution in [-0.2, 0) is 0 Å². The third-order valence-corrected chi connectivity index (χ3v) is 3.38. The molecule has 0 bridgehead atoms. The Balaban J connectivity index is 2.82. The SMILES string of the molecule is C=C(N)/C=C/C(C)=C/[C@H](C)C(=C)c1ccc(N(C)C)cc1. The van der Waals surface area contributed by atoms with Gasteiger partial charge in [0.1, 0.15) is 0 Å². The molecule has 2 nitrogen and oxygen atoms in total. The van der Waals surface area contributed by atoms with Gasteiger partial charge in [-0.25, -0.2) is 0 Å². The highest BCUT2D eigenvalue weighted by Gasteiger charge is 2.07. The molecule has 2 N–H and O–H groups in total. The molecule has 0 heterocycles. The zero-order valence-electron chi connectivity index (χ0n) is 13.6. The highest BCUT2D eigenvalue weighted by Crippen LogP contribution is 2.25. The standard InChI is InChI=1S/C19H26N2/c1-14(7-8-16(3)20)13-15(2)17(4)18-9-11-19(12-10-18)21(5)6/h7-13,15H,3-4,20H2,1-2,5-6H3/b8-7+,14-13+/t15-/m0/s1. The minimum atomic E-state index is 0.269. The van der Waals surface area contributed by atoms with Gasteiger partial charge in [0, 0.05) is 25.5 Å². The summed E-state index contributed by atoms with van der Waals surface area (Å²) < 4.78 is 0. The first-order valence-electron chi connectivity index (χ1n) is 7.08. The summed E-state index contributed by atoms with van der Waals surface area (Å²) in [5.74, 6) is 0.269. The van der Waals surface area contributed by atoms with E-state index in [4.69, 9.17) is 5.73 Å². The topological polar surface area (TPSA) is 29.3 Å². The molecule has 0 unspecified atom stereocenters. The van der Waals surface area contributed by atoms with Gasteiger partial charge in [0.2, 0.25) is 0 Å². The summed E-state index contributed by atoms with van der Waals surface area (Å²) in [4.78, 5) is 2.09. The Morgan fingerprint density at radius 2 is 1.71 bits per heavy atom. The summed E-state index contributed by atoms with van der Waals surface area (Å²) in [7, 11) is 4.08. The van der Waals surface area contributed by atoms with Gasteiger partial charge < -0.3 is 10.6 Å². The van der Waals surface area contributed by atoms with Crippen LogP contribution in [0.15, 0.2) is 66.9 Å². The third kappa shape index (κ3) is 5.35. The maximum atomic E-state index is 5.53. The molecule has 0 aliphatic rings. The van der Waals surface area contributed by atoms with Crippen molar-refractivity contribution in [1.29, 1.82) is 0 Å². The van der Waals surface area contributed by atoms with Gasteiger partial charge in [-0.05, 0) is 42.2 Å². The summed E-state index contributed by atoms with van der Waals surface area (Å²) in [6.07, 6.45) is 5.97. The van der Waals surface area contributed by atoms with Gasteiger partial charge in [-0.1, -0.05) is 49.9 Å². The number of hydrogen-bond acceptors (Lipinski definition) is 2. The zero-order chi connectivity index (χ0) is 16.0. The number of benzene rings is 1. The number of hydrogen-bond donors (Lipinski definition) is 1. The Morgan fingerprint density at radius 3 is 2.19 bits per heavy atom. The molecule has 0 radical (unpaired) electrons. The molecule has 0 aromatic heterocycles. The van der Waals surface area contributed by atoms with E-state index in [0.29, 0.717) is 5.70 Å². The van der Waals surface area contributed by atoms with Gasteiger partial charge in [0.15, 0.2) is 0 Å². The number of anilines is 1. The summed E-state index contributed by atoms with van der Waals surface area (Å²) in [6, 6.07) is 8.47. The van der Waals surface area contributed by atoms with Crippen molar-refractivity contribution in [2.24, 2.45) is 11.7 Å². The van der Waals surface area contributed by atoms with Crippen molar-refractivity contribution in [3.63, 3.8) is 0 Å². The van der Waals surface area contributed by atoms with Crippen LogP contribution in [0.1, 0.15) is 19.4 Å². The van der Waals surface area contributed by atoms with Gasteiger partial charge >= 0.3 is 0 Å². The minimum Gasteiger partial charge on any atom is -0.399 e. The third-order valence-electron chi connectivity index (χ3n) is 3.38. The molecule has 0 spiro atoms. The van der Waals surface area contributed by atoms with Gasteiger partial charge in [-0.2, -0.15) is 0 Å². The zero-order valence-corrected chi connectivity index (χ0v) is 13.6. The molecule has 1 aromatic carbocycles. The van der Waals surface area contributed by atoms with Crippen molar-refractivity contribution in [2.75, 3.05) is 19.0 Å². The molecule has 1 aromatic rings. The van der Waals surface area contributed by atoms with Crippen LogP contribution in [0.25, 0.3) is 5.57 Å². The molecule has 0 aliphatic heterocycles. The fourth-order valence-electron chi connectivity index (χ4n) is 2.03. The molecule has 112 valence electrons. The minimum absolute atomic E-state index is 0.269. The normalized spacial score (nSPS) is 13.2. The molecular weight excluding hydrogens is 256 g/mol. The summed E-state index contributed by atoms with van der Waals surface area (Å²) in [5.41, 5.74) is 10.7. The van der Waals surface area contributed by atoms with Gasteiger partial charge in [0.25, 0.3) is 0 Å². The maximum Gasteiger partial charge on any atom is 0.0361 e. The van der Waals surface area contributed by atoms with Crippen molar-refractivity contribution in [3.05, 3.63) is 72.5 Å². The maximum absolute atomic E-state index is 5.53. The number of rotatable bonds is 6. The monoisotopic (exact) mass is 282 g/mol. The van der Waals surface area contributed by atoms with Gasteiger partial charge in [-0.15, -0.1) is 0 Å². The fraction of sp³-hybridized carbons (Fsp3) is 0.263. The first-order valence-corrected chi connectivity index (χ1v) is 7.08. The fourth-order valence-corrected chi connectivity index (χ4v) is 2.03. The molecule has 0 saturated carbocycles. The van der Waals surface area contributed by atoms with Gasteiger partial charge in [0.05, 0.1) is 0 Å². The molecule has 0 saturated heterocycles. The summed E-state index contributed by atoms with van der Waals surface area (Å²) in [5, 5.41) is 0. The molecule has 21 heavy (non-hydrogen) atoms. The lowest BCUT2D eigenvalue weighted by Crippen LogP contribution is -2.08. The highest BCUT2D eigenvalue weighted by atomic mass is 15.1. The second-order valence-electron chi connectivity index (χ2n) is 5.57. The van der Waals surface area contributed by atoms with E-state index in [1.807, 2.05) is 26.2 Å². The van der Waals surface area contributed by atoms with E-state index >= 15 is 0 Å². The van der Waals surface area contributed by atoms with Crippen molar-refractivity contribution < 1.29 is 0 Å². The first-order chi connectivity index (χ1) is 9.81. The molecule has 1 rings (SSSR count). The molecule has 0 fully saturated rings. The molecule has 2 heteroatoms. The molecular formula is C19H26N2. The van der Waals surface area contributed by atoms with Crippen molar-refractivity contribution in [2.45, 2.75) is 13.8 Å². The lowest BCUT2D eigenvalue weighted by atomic mass is 9.93. The smallest absolute Gasteiger partial charge is 0.0361 e.